The van der Waals surface area contributed by atoms with Crippen molar-refractivity contribution < 1.29 is 21.9 Å². The molecule has 1 saturated heterocycles. The standard InChI is InChI=1S/C20H41N.BrH/c1-2-3-4-5-6-7-8-9-10-11-12-13-14-15-18-21-19-16-17-20-21;/h2-20H2,1H3;1H. The van der Waals surface area contributed by atoms with Crippen LogP contribution >= 0.6 is 0 Å². The van der Waals surface area contributed by atoms with Gasteiger partial charge in [-0.3, -0.25) is 0 Å². The zero-order chi connectivity index (χ0) is 15.0. The first kappa shape index (κ1) is 22.4. The van der Waals surface area contributed by atoms with Crippen molar-refractivity contribution in [3.05, 3.63) is 0 Å². The lowest BCUT2D eigenvalue weighted by molar-refractivity contribution is -0.887. The predicted molar refractivity (Wildman–Crippen MR) is 95.1 cm³/mol. The molecule has 2 heteroatoms. The van der Waals surface area contributed by atoms with Crippen molar-refractivity contribution in [2.24, 2.45) is 0 Å². The fraction of sp³-hybridized carbons (Fsp3) is 1.00. The lowest BCUT2D eigenvalue weighted by atomic mass is 10.0. The van der Waals surface area contributed by atoms with Crippen molar-refractivity contribution >= 4 is 0 Å². The number of likely N-dealkylation sites (tertiary alicyclic amines) is 1. The molecule has 134 valence electrons. The quantitative estimate of drug-likeness (QED) is 0.418. The van der Waals surface area contributed by atoms with Crippen LogP contribution in [0.3, 0.4) is 0 Å². The molecular weight excluding hydrogens is 334 g/mol. The number of rotatable bonds is 15. The monoisotopic (exact) mass is 375 g/mol. The molecule has 22 heavy (non-hydrogen) atoms. The van der Waals surface area contributed by atoms with Crippen LogP contribution in [-0.4, -0.2) is 19.6 Å². The van der Waals surface area contributed by atoms with E-state index in [1.807, 2.05) is 4.90 Å². The van der Waals surface area contributed by atoms with Gasteiger partial charge < -0.3 is 21.9 Å². The van der Waals surface area contributed by atoms with E-state index in [0.29, 0.717) is 0 Å². The molecule has 0 radical (unpaired) electrons. The molecule has 1 fully saturated rings. The average Bonchev–Trinajstić information content (AvgIpc) is 3.01. The fourth-order valence-corrected chi connectivity index (χ4v) is 3.69. The van der Waals surface area contributed by atoms with Crippen LogP contribution in [-0.2, 0) is 0 Å². The lowest BCUT2D eigenvalue weighted by Gasteiger charge is -2.11. The van der Waals surface area contributed by atoms with Gasteiger partial charge in [-0.15, -0.1) is 0 Å². The van der Waals surface area contributed by atoms with Gasteiger partial charge >= 0.3 is 0 Å². The van der Waals surface area contributed by atoms with Gasteiger partial charge in [-0.2, -0.15) is 0 Å². The molecule has 0 unspecified atom stereocenters. The Labute approximate surface area is 151 Å². The highest BCUT2D eigenvalue weighted by molar-refractivity contribution is 4.50. The number of hydrogen-bond acceptors (Lipinski definition) is 0. The molecule has 1 rings (SSSR count). The zero-order valence-corrected chi connectivity index (χ0v) is 16.9. The molecule has 0 bridgehead atoms. The SMILES string of the molecule is CCCCCCCCCCCCCCCC[NH+]1CCCC1.[Br-]. The van der Waals surface area contributed by atoms with E-state index in [0.717, 1.165) is 0 Å². The summed E-state index contributed by atoms with van der Waals surface area (Å²) in [7, 11) is 0. The first-order valence-electron chi connectivity index (χ1n) is 10.3. The third kappa shape index (κ3) is 14.1. The molecule has 0 spiro atoms. The summed E-state index contributed by atoms with van der Waals surface area (Å²) < 4.78 is 0. The second kappa shape index (κ2) is 17.8. The number of nitrogens with one attached hydrogen (secondary N) is 1. The minimum absolute atomic E-state index is 0. The maximum absolute atomic E-state index is 2.30. The van der Waals surface area contributed by atoms with Gasteiger partial charge in [0.25, 0.3) is 0 Å². The highest BCUT2D eigenvalue weighted by Gasteiger charge is 2.13. The minimum atomic E-state index is 0. The highest BCUT2D eigenvalue weighted by atomic mass is 79.9. The molecule has 0 amide bonds. The van der Waals surface area contributed by atoms with Crippen LogP contribution < -0.4 is 21.9 Å². The Morgan fingerprint density at radius 3 is 1.32 bits per heavy atom. The summed E-state index contributed by atoms with van der Waals surface area (Å²) in [5.41, 5.74) is 0. The maximum Gasteiger partial charge on any atom is 0.0773 e. The van der Waals surface area contributed by atoms with E-state index in [1.165, 1.54) is 122 Å². The van der Waals surface area contributed by atoms with Crippen LogP contribution in [0.2, 0.25) is 0 Å². The van der Waals surface area contributed by atoms with E-state index in [2.05, 4.69) is 6.92 Å². The van der Waals surface area contributed by atoms with Crippen LogP contribution in [0.4, 0.5) is 0 Å². The lowest BCUT2D eigenvalue weighted by Crippen LogP contribution is -3.09. The molecule has 1 heterocycles. The second-order valence-electron chi connectivity index (χ2n) is 7.30. The Morgan fingerprint density at radius 1 is 0.545 bits per heavy atom. The minimum Gasteiger partial charge on any atom is -1.00 e. The summed E-state index contributed by atoms with van der Waals surface area (Å²) in [6, 6.07) is 0. The Kier molecular flexibility index (Phi) is 18.1. The first-order chi connectivity index (χ1) is 10.4. The van der Waals surface area contributed by atoms with Crippen molar-refractivity contribution in [2.45, 2.75) is 110 Å². The molecule has 0 aromatic carbocycles. The molecular formula is C20H42BrN. The Morgan fingerprint density at radius 2 is 0.909 bits per heavy atom. The van der Waals surface area contributed by atoms with E-state index in [4.69, 9.17) is 0 Å². The summed E-state index contributed by atoms with van der Waals surface area (Å²) in [6.07, 6.45) is 23.6. The smallest absolute Gasteiger partial charge is 0.0773 e. The molecule has 1 aliphatic heterocycles. The molecule has 1 nitrogen and oxygen atoms in total. The molecule has 0 atom stereocenters. The van der Waals surface area contributed by atoms with Crippen LogP contribution in [0, 0.1) is 0 Å². The molecule has 0 aromatic heterocycles. The van der Waals surface area contributed by atoms with E-state index in [9.17, 15) is 0 Å². The van der Waals surface area contributed by atoms with E-state index < -0.39 is 0 Å². The van der Waals surface area contributed by atoms with Crippen molar-refractivity contribution in [3.63, 3.8) is 0 Å². The predicted octanol–water partition coefficient (Wildman–Crippen LogP) is 2.15. The topological polar surface area (TPSA) is 4.44 Å². The van der Waals surface area contributed by atoms with Gasteiger partial charge in [0.05, 0.1) is 19.6 Å². The van der Waals surface area contributed by atoms with Crippen molar-refractivity contribution in [1.82, 2.24) is 0 Å². The first-order valence-corrected chi connectivity index (χ1v) is 10.3. The van der Waals surface area contributed by atoms with Crippen molar-refractivity contribution in [3.8, 4) is 0 Å². The molecule has 0 saturated carbocycles. The van der Waals surface area contributed by atoms with E-state index in [1.54, 1.807) is 0 Å². The van der Waals surface area contributed by atoms with Gasteiger partial charge in [0, 0.05) is 12.8 Å². The second-order valence-corrected chi connectivity index (χ2v) is 7.30. The van der Waals surface area contributed by atoms with Gasteiger partial charge in [0.2, 0.25) is 0 Å². The largest absolute Gasteiger partial charge is 1.00 e. The zero-order valence-electron chi connectivity index (χ0n) is 15.3. The summed E-state index contributed by atoms with van der Waals surface area (Å²) in [6.45, 7) is 6.67. The molecule has 0 aromatic rings. The summed E-state index contributed by atoms with van der Waals surface area (Å²) in [5.74, 6) is 0. The van der Waals surface area contributed by atoms with E-state index >= 15 is 0 Å². The third-order valence-corrected chi connectivity index (χ3v) is 5.19. The van der Waals surface area contributed by atoms with Gasteiger partial charge in [-0.05, 0) is 12.8 Å². The van der Waals surface area contributed by atoms with Crippen LogP contribution in [0.15, 0.2) is 0 Å². The summed E-state index contributed by atoms with van der Waals surface area (Å²) >= 11 is 0. The number of unbranched alkanes of at least 4 members (excludes halogenated alkanes) is 13. The summed E-state index contributed by atoms with van der Waals surface area (Å²) in [4.78, 5) is 1.88. The summed E-state index contributed by atoms with van der Waals surface area (Å²) in [5, 5.41) is 0. The normalized spacial score (nSPS) is 15.1. The van der Waals surface area contributed by atoms with Crippen LogP contribution in [0.5, 0.6) is 0 Å². The Balaban J connectivity index is 0.00000441. The number of halogens is 1. The third-order valence-electron chi connectivity index (χ3n) is 5.19. The van der Waals surface area contributed by atoms with Crippen molar-refractivity contribution in [2.75, 3.05) is 19.6 Å². The van der Waals surface area contributed by atoms with Crippen LogP contribution in [0.1, 0.15) is 110 Å². The fourth-order valence-electron chi connectivity index (χ4n) is 3.69. The maximum atomic E-state index is 2.30. The highest BCUT2D eigenvalue weighted by Crippen LogP contribution is 2.12. The van der Waals surface area contributed by atoms with Crippen molar-refractivity contribution in [1.29, 1.82) is 0 Å². The van der Waals surface area contributed by atoms with Gasteiger partial charge in [0.15, 0.2) is 0 Å². The number of quaternary nitrogens is 1. The molecule has 1 aliphatic rings. The molecule has 1 N–H and O–H groups in total. The average molecular weight is 376 g/mol. The van der Waals surface area contributed by atoms with E-state index in [-0.39, 0.29) is 17.0 Å². The molecule has 0 aliphatic carbocycles. The van der Waals surface area contributed by atoms with Gasteiger partial charge in [0.1, 0.15) is 0 Å². The Bertz CT molecular complexity index is 202. The van der Waals surface area contributed by atoms with Gasteiger partial charge in [-0.1, -0.05) is 84.0 Å². The van der Waals surface area contributed by atoms with Crippen LogP contribution in [0.25, 0.3) is 0 Å². The Hall–Kier alpha value is 0.440. The number of hydrogen-bond donors (Lipinski definition) is 1. The van der Waals surface area contributed by atoms with Gasteiger partial charge in [-0.25, -0.2) is 0 Å².